The van der Waals surface area contributed by atoms with Gasteiger partial charge < -0.3 is 0 Å². The zero-order valence-electron chi connectivity index (χ0n) is 11.4. The molecule has 3 N–H and O–H groups in total. The molecule has 3 rings (SSSR count). The Hall–Kier alpha value is -1.82. The molecule has 102 valence electrons. The molecule has 0 fully saturated rings. The van der Waals surface area contributed by atoms with E-state index >= 15 is 0 Å². The molecule has 0 saturated carbocycles. The number of rotatable bonds is 3. The second kappa shape index (κ2) is 5.28. The van der Waals surface area contributed by atoms with Gasteiger partial charge in [0.15, 0.2) is 0 Å². The van der Waals surface area contributed by atoms with Crippen molar-refractivity contribution < 1.29 is 0 Å². The first kappa shape index (κ1) is 13.2. The number of nitrogens with two attached hydrogens (primary N) is 1. The van der Waals surface area contributed by atoms with Crippen LogP contribution in [0.25, 0.3) is 10.9 Å². The van der Waals surface area contributed by atoms with Crippen LogP contribution < -0.4 is 11.3 Å². The Morgan fingerprint density at radius 3 is 2.75 bits per heavy atom. The van der Waals surface area contributed by atoms with Crippen molar-refractivity contribution in [3.05, 3.63) is 57.7 Å². The second-order valence-electron chi connectivity index (χ2n) is 4.79. The van der Waals surface area contributed by atoms with Gasteiger partial charge in [-0.25, -0.2) is 10.4 Å². The molecule has 20 heavy (non-hydrogen) atoms. The summed E-state index contributed by atoms with van der Waals surface area (Å²) in [4.78, 5) is 9.93. The summed E-state index contributed by atoms with van der Waals surface area (Å²) in [6.45, 7) is 3.99. The molecule has 1 atom stereocenters. The van der Waals surface area contributed by atoms with Gasteiger partial charge in [0.25, 0.3) is 0 Å². The summed E-state index contributed by atoms with van der Waals surface area (Å²) in [5.74, 6) is 5.73. The lowest BCUT2D eigenvalue weighted by Gasteiger charge is -2.15. The molecule has 0 aliphatic rings. The van der Waals surface area contributed by atoms with Crippen molar-refractivity contribution in [1.82, 2.24) is 15.4 Å². The largest absolute Gasteiger partial charge is 0.271 e. The predicted octanol–water partition coefficient (Wildman–Crippen LogP) is 2.86. The minimum atomic E-state index is -0.0353. The van der Waals surface area contributed by atoms with E-state index in [1.807, 2.05) is 32.2 Å². The predicted molar refractivity (Wildman–Crippen MR) is 82.5 cm³/mol. The van der Waals surface area contributed by atoms with Crippen molar-refractivity contribution >= 4 is 22.2 Å². The summed E-state index contributed by atoms with van der Waals surface area (Å²) in [5, 5.41) is 2.16. The lowest BCUT2D eigenvalue weighted by Crippen LogP contribution is -2.28. The van der Waals surface area contributed by atoms with Gasteiger partial charge in [-0.3, -0.25) is 10.8 Å². The fourth-order valence-electron chi connectivity index (χ4n) is 2.28. The Balaban J connectivity index is 2.05. The van der Waals surface area contributed by atoms with Crippen LogP contribution in [-0.2, 0) is 0 Å². The SMILES string of the molecule is Cc1ccc2cc(C(NN)c3cnc(C)s3)ccc2n1. The summed E-state index contributed by atoms with van der Waals surface area (Å²) < 4.78 is 0. The number of nitrogens with zero attached hydrogens (tertiary/aromatic N) is 2. The standard InChI is InChI=1S/C15H16N4S/c1-9-3-4-11-7-12(5-6-13(11)18-9)15(19-16)14-8-17-10(2)20-14/h3-8,15,19H,16H2,1-2H3. The van der Waals surface area contributed by atoms with E-state index in [0.29, 0.717) is 0 Å². The Morgan fingerprint density at radius 2 is 2.05 bits per heavy atom. The Bertz CT molecular complexity index is 750. The van der Waals surface area contributed by atoms with E-state index in [1.54, 1.807) is 11.3 Å². The summed E-state index contributed by atoms with van der Waals surface area (Å²) in [6, 6.07) is 10.3. The molecule has 0 spiro atoms. The number of aryl methyl sites for hydroxylation is 2. The van der Waals surface area contributed by atoms with Crippen molar-refractivity contribution in [3.8, 4) is 0 Å². The minimum absolute atomic E-state index is 0.0353. The highest BCUT2D eigenvalue weighted by Gasteiger charge is 2.15. The van der Waals surface area contributed by atoms with E-state index in [1.165, 1.54) is 0 Å². The number of benzene rings is 1. The molecule has 0 saturated heterocycles. The van der Waals surface area contributed by atoms with Gasteiger partial charge in [0.05, 0.1) is 16.6 Å². The molecule has 2 aromatic heterocycles. The minimum Gasteiger partial charge on any atom is -0.271 e. The zero-order chi connectivity index (χ0) is 14.1. The first-order chi connectivity index (χ1) is 9.67. The van der Waals surface area contributed by atoms with Crippen LogP contribution >= 0.6 is 11.3 Å². The summed E-state index contributed by atoms with van der Waals surface area (Å²) in [5.41, 5.74) is 6.02. The zero-order valence-corrected chi connectivity index (χ0v) is 12.2. The van der Waals surface area contributed by atoms with Gasteiger partial charge in [-0.05, 0) is 37.6 Å². The number of aromatic nitrogens is 2. The van der Waals surface area contributed by atoms with Crippen molar-refractivity contribution in [2.75, 3.05) is 0 Å². The normalized spacial score (nSPS) is 12.8. The van der Waals surface area contributed by atoms with Crippen LogP contribution in [0, 0.1) is 13.8 Å². The number of pyridine rings is 1. The monoisotopic (exact) mass is 284 g/mol. The second-order valence-corrected chi connectivity index (χ2v) is 6.05. The van der Waals surface area contributed by atoms with Crippen LogP contribution in [0.1, 0.15) is 27.2 Å². The van der Waals surface area contributed by atoms with Gasteiger partial charge in [-0.1, -0.05) is 12.1 Å². The van der Waals surface area contributed by atoms with Crippen molar-refractivity contribution in [2.24, 2.45) is 5.84 Å². The third-order valence-electron chi connectivity index (χ3n) is 3.28. The molecular weight excluding hydrogens is 268 g/mol. The Kier molecular flexibility index (Phi) is 3.48. The Morgan fingerprint density at radius 1 is 1.20 bits per heavy atom. The first-order valence-electron chi connectivity index (χ1n) is 6.43. The number of thiazole rings is 1. The number of nitrogens with one attached hydrogen (secondary N) is 1. The number of hydrazine groups is 1. The highest BCUT2D eigenvalue weighted by molar-refractivity contribution is 7.11. The summed E-state index contributed by atoms with van der Waals surface area (Å²) in [6.07, 6.45) is 1.88. The van der Waals surface area contributed by atoms with Crippen LogP contribution in [0.5, 0.6) is 0 Å². The molecule has 0 aliphatic carbocycles. The fraction of sp³-hybridized carbons (Fsp3) is 0.200. The van der Waals surface area contributed by atoms with Crippen LogP contribution in [-0.4, -0.2) is 9.97 Å². The van der Waals surface area contributed by atoms with Gasteiger partial charge in [0, 0.05) is 22.2 Å². The van der Waals surface area contributed by atoms with Crippen molar-refractivity contribution in [3.63, 3.8) is 0 Å². The molecule has 0 radical (unpaired) electrons. The highest BCUT2D eigenvalue weighted by Crippen LogP contribution is 2.28. The average molecular weight is 284 g/mol. The van der Waals surface area contributed by atoms with E-state index in [4.69, 9.17) is 5.84 Å². The summed E-state index contributed by atoms with van der Waals surface area (Å²) in [7, 11) is 0. The highest BCUT2D eigenvalue weighted by atomic mass is 32.1. The quantitative estimate of drug-likeness (QED) is 0.573. The van der Waals surface area contributed by atoms with E-state index in [9.17, 15) is 0 Å². The van der Waals surface area contributed by atoms with E-state index in [-0.39, 0.29) is 6.04 Å². The molecule has 3 aromatic rings. The molecule has 0 bridgehead atoms. The van der Waals surface area contributed by atoms with Gasteiger partial charge in [0.2, 0.25) is 0 Å². The molecule has 1 unspecified atom stereocenters. The molecule has 2 heterocycles. The van der Waals surface area contributed by atoms with Crippen LogP contribution in [0.15, 0.2) is 36.5 Å². The van der Waals surface area contributed by atoms with Crippen molar-refractivity contribution in [2.45, 2.75) is 19.9 Å². The molecular formula is C15H16N4S. The van der Waals surface area contributed by atoms with E-state index < -0.39 is 0 Å². The lowest BCUT2D eigenvalue weighted by molar-refractivity contribution is 0.646. The van der Waals surface area contributed by atoms with E-state index in [2.05, 4.69) is 33.6 Å². The van der Waals surface area contributed by atoms with Gasteiger partial charge in [-0.2, -0.15) is 0 Å². The number of hydrogen-bond acceptors (Lipinski definition) is 5. The van der Waals surface area contributed by atoms with Gasteiger partial charge in [-0.15, -0.1) is 11.3 Å². The lowest BCUT2D eigenvalue weighted by atomic mass is 10.0. The molecule has 0 amide bonds. The van der Waals surface area contributed by atoms with Crippen LogP contribution in [0.3, 0.4) is 0 Å². The van der Waals surface area contributed by atoms with E-state index in [0.717, 1.165) is 32.0 Å². The summed E-state index contributed by atoms with van der Waals surface area (Å²) >= 11 is 1.65. The Labute approximate surface area is 121 Å². The van der Waals surface area contributed by atoms with Crippen molar-refractivity contribution in [1.29, 1.82) is 0 Å². The van der Waals surface area contributed by atoms with Crippen LogP contribution in [0.2, 0.25) is 0 Å². The first-order valence-corrected chi connectivity index (χ1v) is 7.25. The molecule has 0 aliphatic heterocycles. The fourth-order valence-corrected chi connectivity index (χ4v) is 3.15. The smallest absolute Gasteiger partial charge is 0.0897 e. The number of hydrogen-bond donors (Lipinski definition) is 2. The van der Waals surface area contributed by atoms with Crippen LogP contribution in [0.4, 0.5) is 0 Å². The molecule has 1 aromatic carbocycles. The molecule has 5 heteroatoms. The number of fused-ring (bicyclic) bond motifs is 1. The third kappa shape index (κ3) is 2.43. The topological polar surface area (TPSA) is 63.8 Å². The maximum absolute atomic E-state index is 5.73. The molecule has 4 nitrogen and oxygen atoms in total. The third-order valence-corrected chi connectivity index (χ3v) is 4.25. The van der Waals surface area contributed by atoms with Gasteiger partial charge in [0.1, 0.15) is 0 Å². The maximum atomic E-state index is 5.73. The van der Waals surface area contributed by atoms with Gasteiger partial charge >= 0.3 is 0 Å². The maximum Gasteiger partial charge on any atom is 0.0897 e. The average Bonchev–Trinajstić information content (AvgIpc) is 2.86.